The van der Waals surface area contributed by atoms with Gasteiger partial charge in [-0.1, -0.05) is 6.92 Å². The molecular formula is C20H29N7O2. The van der Waals surface area contributed by atoms with Crippen LogP contribution in [-0.2, 0) is 18.3 Å². The number of carbonyl (C=O) groups excluding carboxylic acids is 1. The highest BCUT2D eigenvalue weighted by Gasteiger charge is 2.40. The Kier molecular flexibility index (Phi) is 4.79. The Morgan fingerprint density at radius 2 is 2.10 bits per heavy atom. The lowest BCUT2D eigenvalue weighted by Gasteiger charge is -2.32. The summed E-state index contributed by atoms with van der Waals surface area (Å²) in [6.07, 6.45) is 7.95. The monoisotopic (exact) mass is 399 g/mol. The summed E-state index contributed by atoms with van der Waals surface area (Å²) in [5.41, 5.74) is 1.08. The molecule has 0 bridgehead atoms. The number of aryl methyl sites for hydroxylation is 1. The second-order valence-electron chi connectivity index (χ2n) is 8.65. The van der Waals surface area contributed by atoms with Gasteiger partial charge in [-0.25, -0.2) is 14.8 Å². The molecule has 29 heavy (non-hydrogen) atoms. The molecule has 9 heteroatoms. The van der Waals surface area contributed by atoms with Crippen molar-refractivity contribution >= 4 is 11.9 Å². The van der Waals surface area contributed by atoms with Gasteiger partial charge in [-0.2, -0.15) is 0 Å². The topological polar surface area (TPSA) is 78.2 Å². The van der Waals surface area contributed by atoms with E-state index < -0.39 is 0 Å². The predicted molar refractivity (Wildman–Crippen MR) is 108 cm³/mol. The van der Waals surface area contributed by atoms with Gasteiger partial charge >= 0.3 is 6.03 Å². The molecule has 4 aliphatic heterocycles. The zero-order valence-electron chi connectivity index (χ0n) is 17.1. The quantitative estimate of drug-likeness (QED) is 0.822. The van der Waals surface area contributed by atoms with Crippen LogP contribution in [0.3, 0.4) is 0 Å². The molecule has 9 nitrogen and oxygen atoms in total. The molecule has 2 amide bonds. The summed E-state index contributed by atoms with van der Waals surface area (Å²) in [6.45, 7) is 7.08. The number of fused-ring (bicyclic) bond motifs is 1. The van der Waals surface area contributed by atoms with Crippen LogP contribution in [-0.4, -0.2) is 75.1 Å². The van der Waals surface area contributed by atoms with Crippen LogP contribution in [0, 0.1) is 11.8 Å². The van der Waals surface area contributed by atoms with Crippen LogP contribution in [0.1, 0.15) is 25.5 Å². The normalized spacial score (nSPS) is 28.4. The van der Waals surface area contributed by atoms with E-state index in [0.717, 1.165) is 63.0 Å². The van der Waals surface area contributed by atoms with E-state index in [4.69, 9.17) is 9.73 Å². The number of imidazole rings is 1. The molecule has 2 saturated heterocycles. The number of aliphatic imine (C=N–C) groups is 1. The summed E-state index contributed by atoms with van der Waals surface area (Å²) >= 11 is 0. The lowest BCUT2D eigenvalue weighted by Crippen LogP contribution is -2.50. The fourth-order valence-electron chi connectivity index (χ4n) is 4.82. The van der Waals surface area contributed by atoms with Gasteiger partial charge < -0.3 is 14.2 Å². The fourth-order valence-corrected chi connectivity index (χ4v) is 4.82. The lowest BCUT2D eigenvalue weighted by atomic mass is 9.96. The van der Waals surface area contributed by atoms with Crippen molar-refractivity contribution in [2.75, 3.05) is 33.0 Å². The minimum Gasteiger partial charge on any atom is -0.381 e. The number of hydrogen-bond donors (Lipinski definition) is 1. The highest BCUT2D eigenvalue weighted by Crippen LogP contribution is 2.30. The van der Waals surface area contributed by atoms with Gasteiger partial charge in [0.15, 0.2) is 5.82 Å². The number of urea groups is 1. The Morgan fingerprint density at radius 3 is 2.86 bits per heavy atom. The van der Waals surface area contributed by atoms with Crippen LogP contribution in [0.15, 0.2) is 29.5 Å². The van der Waals surface area contributed by atoms with Gasteiger partial charge in [0.05, 0.1) is 12.0 Å². The Hall–Kier alpha value is -2.39. The summed E-state index contributed by atoms with van der Waals surface area (Å²) in [5.74, 6) is 2.23. The molecule has 0 spiro atoms. The first-order valence-electron chi connectivity index (χ1n) is 10.5. The number of ether oxygens (including phenoxy) is 1. The van der Waals surface area contributed by atoms with Crippen molar-refractivity contribution in [3.05, 3.63) is 30.2 Å². The average molecular weight is 399 g/mol. The highest BCUT2D eigenvalue weighted by atomic mass is 16.5. The third kappa shape index (κ3) is 3.64. The maximum Gasteiger partial charge on any atom is 0.329 e. The van der Waals surface area contributed by atoms with Crippen molar-refractivity contribution in [2.45, 2.75) is 32.4 Å². The molecule has 0 aliphatic carbocycles. The largest absolute Gasteiger partial charge is 0.381 e. The summed E-state index contributed by atoms with van der Waals surface area (Å²) in [6, 6.07) is 0.360. The SMILES string of the molecule is CC1CN(Cc2cn(C)cn2)CC1C1=NC2=CN(C3CCOCC3)CN2C(=O)N1. The third-order valence-electron chi connectivity index (χ3n) is 6.42. The summed E-state index contributed by atoms with van der Waals surface area (Å²) < 4.78 is 7.45. The number of nitrogens with one attached hydrogen (secondary N) is 1. The molecule has 0 saturated carbocycles. The number of rotatable bonds is 4. The molecule has 0 radical (unpaired) electrons. The van der Waals surface area contributed by atoms with Crippen molar-refractivity contribution in [3.63, 3.8) is 0 Å². The molecule has 2 atom stereocenters. The molecule has 1 aromatic heterocycles. The van der Waals surface area contributed by atoms with Gasteiger partial charge in [-0.3, -0.25) is 15.1 Å². The Labute approximate surface area is 171 Å². The Balaban J connectivity index is 1.29. The van der Waals surface area contributed by atoms with E-state index in [1.54, 1.807) is 4.90 Å². The number of hydrogen-bond acceptors (Lipinski definition) is 6. The van der Waals surface area contributed by atoms with E-state index in [-0.39, 0.29) is 11.9 Å². The van der Waals surface area contributed by atoms with Gasteiger partial charge in [0.2, 0.25) is 0 Å². The second-order valence-corrected chi connectivity index (χ2v) is 8.65. The van der Waals surface area contributed by atoms with E-state index in [2.05, 4.69) is 39.4 Å². The second kappa shape index (κ2) is 7.46. The summed E-state index contributed by atoms with van der Waals surface area (Å²) in [4.78, 5) is 28.5. The molecule has 0 aromatic carbocycles. The number of amides is 2. The van der Waals surface area contributed by atoms with E-state index in [1.165, 1.54) is 0 Å². The van der Waals surface area contributed by atoms with Crippen LogP contribution < -0.4 is 5.32 Å². The van der Waals surface area contributed by atoms with Gasteiger partial charge in [0.25, 0.3) is 0 Å². The highest BCUT2D eigenvalue weighted by molar-refractivity contribution is 6.02. The number of carbonyl (C=O) groups is 1. The Bertz CT molecular complexity index is 842. The van der Waals surface area contributed by atoms with E-state index in [1.807, 2.05) is 17.9 Å². The number of aromatic nitrogens is 2. The smallest absolute Gasteiger partial charge is 0.329 e. The fraction of sp³-hybridized carbons (Fsp3) is 0.650. The first-order valence-corrected chi connectivity index (χ1v) is 10.5. The van der Waals surface area contributed by atoms with Crippen molar-refractivity contribution in [1.29, 1.82) is 0 Å². The molecule has 156 valence electrons. The van der Waals surface area contributed by atoms with Gasteiger partial charge in [-0.15, -0.1) is 0 Å². The van der Waals surface area contributed by atoms with E-state index in [9.17, 15) is 4.79 Å². The standard InChI is InChI=1S/C20H29N7O2/c1-14-7-25(9-15-8-24(2)12-21-15)10-17(14)19-22-18-11-26(13-27(18)20(28)23-19)16-3-5-29-6-4-16/h8,11-12,14,16-17H,3-7,9-10,13H2,1-2H3,(H,22,23,28). The van der Waals surface area contributed by atoms with Gasteiger partial charge in [0, 0.05) is 64.3 Å². The molecule has 2 fully saturated rings. The number of nitrogens with zero attached hydrogens (tertiary/aromatic N) is 6. The average Bonchev–Trinajstić information content (AvgIpc) is 3.41. The maximum absolute atomic E-state index is 12.8. The van der Waals surface area contributed by atoms with Gasteiger partial charge in [-0.05, 0) is 18.8 Å². The number of likely N-dealkylation sites (tertiary alicyclic amines) is 1. The van der Waals surface area contributed by atoms with Crippen molar-refractivity contribution < 1.29 is 9.53 Å². The molecule has 5 rings (SSSR count). The molecule has 1 N–H and O–H groups in total. The van der Waals surface area contributed by atoms with Crippen molar-refractivity contribution in [1.82, 2.24) is 29.6 Å². The van der Waals surface area contributed by atoms with Crippen LogP contribution >= 0.6 is 0 Å². The minimum atomic E-state index is -0.0637. The van der Waals surface area contributed by atoms with E-state index >= 15 is 0 Å². The molecule has 4 aliphatic rings. The van der Waals surface area contributed by atoms with Crippen LogP contribution in [0.5, 0.6) is 0 Å². The first-order chi connectivity index (χ1) is 14.1. The number of amidine groups is 1. The summed E-state index contributed by atoms with van der Waals surface area (Å²) in [7, 11) is 1.99. The predicted octanol–water partition coefficient (Wildman–Crippen LogP) is 1.16. The first kappa shape index (κ1) is 18.6. The maximum atomic E-state index is 12.8. The molecule has 2 unspecified atom stereocenters. The van der Waals surface area contributed by atoms with Gasteiger partial charge in [0.1, 0.15) is 12.5 Å². The van der Waals surface area contributed by atoms with E-state index in [0.29, 0.717) is 18.6 Å². The Morgan fingerprint density at radius 1 is 1.28 bits per heavy atom. The zero-order valence-corrected chi connectivity index (χ0v) is 17.1. The zero-order chi connectivity index (χ0) is 20.0. The van der Waals surface area contributed by atoms with Crippen LogP contribution in [0.4, 0.5) is 4.79 Å². The van der Waals surface area contributed by atoms with Crippen molar-refractivity contribution in [2.24, 2.45) is 23.9 Å². The molecule has 1 aromatic rings. The van der Waals surface area contributed by atoms with Crippen molar-refractivity contribution in [3.8, 4) is 0 Å². The molecular weight excluding hydrogens is 370 g/mol. The van der Waals surface area contributed by atoms with Crippen LogP contribution in [0.2, 0.25) is 0 Å². The lowest BCUT2D eigenvalue weighted by molar-refractivity contribution is 0.0459. The molecule has 5 heterocycles. The third-order valence-corrected chi connectivity index (χ3v) is 6.42. The minimum absolute atomic E-state index is 0.0637. The van der Waals surface area contributed by atoms with Crippen LogP contribution in [0.25, 0.3) is 0 Å². The summed E-state index contributed by atoms with van der Waals surface area (Å²) in [5, 5.41) is 3.07.